The van der Waals surface area contributed by atoms with Crippen LogP contribution in [0.1, 0.15) is 29.3 Å². The number of methoxy groups -OCH3 is 1. The van der Waals surface area contributed by atoms with Crippen LogP contribution >= 0.6 is 0 Å². The molecule has 1 aliphatic heterocycles. The predicted molar refractivity (Wildman–Crippen MR) is 109 cm³/mol. The second kappa shape index (κ2) is 6.70. The fourth-order valence-electron chi connectivity index (χ4n) is 4.22. The number of aliphatic hydroxyl groups is 1. The molecule has 0 unspecified atom stereocenters. The molecule has 142 valence electrons. The maximum atomic E-state index is 11.3. The average Bonchev–Trinajstić information content (AvgIpc) is 2.93. The van der Waals surface area contributed by atoms with E-state index in [-0.39, 0.29) is 0 Å². The molecule has 27 heavy (non-hydrogen) atoms. The number of benzene rings is 2. The van der Waals surface area contributed by atoms with Gasteiger partial charge in [-0.05, 0) is 62.7 Å². The topological polar surface area (TPSA) is 37.6 Å². The molecular weight excluding hydrogens is 336 g/mol. The Morgan fingerprint density at radius 3 is 2.59 bits per heavy atom. The van der Waals surface area contributed by atoms with Gasteiger partial charge in [0, 0.05) is 29.7 Å². The van der Waals surface area contributed by atoms with Gasteiger partial charge < -0.3 is 19.3 Å². The first-order valence-electron chi connectivity index (χ1n) is 9.55. The third-order valence-electron chi connectivity index (χ3n) is 5.78. The lowest BCUT2D eigenvalue weighted by molar-refractivity contribution is 0.0380. The first kappa shape index (κ1) is 18.1. The number of hydrogen-bond acceptors (Lipinski definition) is 3. The molecule has 1 aromatic heterocycles. The van der Waals surface area contributed by atoms with Crippen LogP contribution in [0.3, 0.4) is 0 Å². The van der Waals surface area contributed by atoms with Crippen molar-refractivity contribution in [1.29, 1.82) is 0 Å². The second-order valence-electron chi connectivity index (χ2n) is 8.02. The molecule has 2 aromatic carbocycles. The van der Waals surface area contributed by atoms with Crippen LogP contribution in [0.4, 0.5) is 0 Å². The molecule has 3 aromatic rings. The van der Waals surface area contributed by atoms with E-state index < -0.39 is 5.60 Å². The van der Waals surface area contributed by atoms with Crippen molar-refractivity contribution in [1.82, 2.24) is 9.47 Å². The molecule has 4 rings (SSSR count). The monoisotopic (exact) mass is 364 g/mol. The van der Waals surface area contributed by atoms with Gasteiger partial charge in [-0.15, -0.1) is 0 Å². The molecule has 1 aliphatic rings. The molecule has 0 amide bonds. The van der Waals surface area contributed by atoms with Gasteiger partial charge in [0.2, 0.25) is 0 Å². The zero-order valence-electron chi connectivity index (χ0n) is 16.6. The van der Waals surface area contributed by atoms with Gasteiger partial charge in [0.1, 0.15) is 11.4 Å². The molecule has 0 fully saturated rings. The van der Waals surface area contributed by atoms with Crippen molar-refractivity contribution < 1.29 is 9.84 Å². The summed E-state index contributed by atoms with van der Waals surface area (Å²) in [4.78, 5) is 2.35. The van der Waals surface area contributed by atoms with Crippen molar-refractivity contribution in [2.24, 2.45) is 0 Å². The summed E-state index contributed by atoms with van der Waals surface area (Å²) in [6.45, 7) is 6.57. The standard InChI is InChI=1S/C23H28N2O2/c1-16-5-10-21-20(13-16)19-11-12-24(3)14-22(19)25(21)15-23(2,26)17-6-8-18(27-4)9-7-17/h5-10,13,26H,11-12,14-15H2,1-4H3/t23-/m0/s1. The van der Waals surface area contributed by atoms with Gasteiger partial charge in [0.25, 0.3) is 0 Å². The second-order valence-corrected chi connectivity index (χ2v) is 8.02. The van der Waals surface area contributed by atoms with E-state index in [4.69, 9.17) is 4.74 Å². The van der Waals surface area contributed by atoms with E-state index in [9.17, 15) is 5.11 Å². The molecular formula is C23H28N2O2. The Morgan fingerprint density at radius 1 is 1.15 bits per heavy atom. The van der Waals surface area contributed by atoms with Crippen molar-refractivity contribution in [3.8, 4) is 5.75 Å². The predicted octanol–water partition coefficient (Wildman–Crippen LogP) is 3.85. The van der Waals surface area contributed by atoms with Gasteiger partial charge in [-0.1, -0.05) is 23.8 Å². The van der Waals surface area contributed by atoms with Crippen LogP contribution in [-0.2, 0) is 25.1 Å². The average molecular weight is 364 g/mol. The van der Waals surface area contributed by atoms with Crippen molar-refractivity contribution in [3.63, 3.8) is 0 Å². The van der Waals surface area contributed by atoms with Crippen LogP contribution in [0.25, 0.3) is 10.9 Å². The SMILES string of the molecule is COc1ccc([C@@](C)(O)Cn2c3c(c4cc(C)ccc42)CCN(C)C3)cc1. The summed E-state index contributed by atoms with van der Waals surface area (Å²) in [5, 5.41) is 12.7. The zero-order valence-corrected chi connectivity index (χ0v) is 16.6. The molecule has 0 bridgehead atoms. The number of hydrogen-bond donors (Lipinski definition) is 1. The molecule has 4 nitrogen and oxygen atoms in total. The van der Waals surface area contributed by atoms with Crippen LogP contribution < -0.4 is 4.74 Å². The normalized spacial score (nSPS) is 16.9. The van der Waals surface area contributed by atoms with Crippen molar-refractivity contribution >= 4 is 10.9 Å². The molecule has 2 heterocycles. The highest BCUT2D eigenvalue weighted by Gasteiger charge is 2.29. The summed E-state index contributed by atoms with van der Waals surface area (Å²) in [6, 6.07) is 14.4. The van der Waals surface area contributed by atoms with Crippen molar-refractivity contribution in [3.05, 3.63) is 64.8 Å². The highest BCUT2D eigenvalue weighted by Crippen LogP contribution is 2.34. The van der Waals surface area contributed by atoms with E-state index >= 15 is 0 Å². The number of aromatic nitrogens is 1. The number of nitrogens with zero attached hydrogens (tertiary/aromatic N) is 2. The lowest BCUT2D eigenvalue weighted by Gasteiger charge is -2.29. The summed E-state index contributed by atoms with van der Waals surface area (Å²) in [6.07, 6.45) is 1.06. The summed E-state index contributed by atoms with van der Waals surface area (Å²) in [5.41, 5.74) is 5.20. The van der Waals surface area contributed by atoms with Crippen LogP contribution in [0.2, 0.25) is 0 Å². The van der Waals surface area contributed by atoms with E-state index in [0.29, 0.717) is 6.54 Å². The Bertz CT molecular complexity index is 970. The van der Waals surface area contributed by atoms with E-state index in [1.807, 2.05) is 31.2 Å². The lowest BCUT2D eigenvalue weighted by atomic mass is 9.95. The Labute approximate surface area is 161 Å². The smallest absolute Gasteiger partial charge is 0.118 e. The van der Waals surface area contributed by atoms with Crippen molar-refractivity contribution in [2.75, 3.05) is 20.7 Å². The van der Waals surface area contributed by atoms with Crippen LogP contribution in [0, 0.1) is 6.92 Å². The Morgan fingerprint density at radius 2 is 1.89 bits per heavy atom. The Kier molecular flexibility index (Phi) is 4.49. The maximum absolute atomic E-state index is 11.3. The summed E-state index contributed by atoms with van der Waals surface area (Å²) in [7, 11) is 3.82. The van der Waals surface area contributed by atoms with Gasteiger partial charge in [-0.3, -0.25) is 0 Å². The summed E-state index contributed by atoms with van der Waals surface area (Å²) in [5.74, 6) is 0.801. The van der Waals surface area contributed by atoms with Crippen molar-refractivity contribution in [2.45, 2.75) is 39.0 Å². The summed E-state index contributed by atoms with van der Waals surface area (Å²) >= 11 is 0. The van der Waals surface area contributed by atoms with Gasteiger partial charge in [-0.2, -0.15) is 0 Å². The fourth-order valence-corrected chi connectivity index (χ4v) is 4.22. The quantitative estimate of drug-likeness (QED) is 0.764. The van der Waals surface area contributed by atoms with Gasteiger partial charge in [0.15, 0.2) is 0 Å². The maximum Gasteiger partial charge on any atom is 0.118 e. The third kappa shape index (κ3) is 3.24. The minimum atomic E-state index is -0.965. The molecule has 0 spiro atoms. The molecule has 0 aliphatic carbocycles. The van der Waals surface area contributed by atoms with E-state index in [0.717, 1.165) is 30.8 Å². The summed E-state index contributed by atoms with van der Waals surface area (Å²) < 4.78 is 7.57. The number of rotatable bonds is 4. The molecule has 0 radical (unpaired) electrons. The fraction of sp³-hybridized carbons (Fsp3) is 0.391. The molecule has 0 saturated heterocycles. The molecule has 4 heteroatoms. The van der Waals surface area contributed by atoms with Gasteiger partial charge in [0.05, 0.1) is 13.7 Å². The minimum Gasteiger partial charge on any atom is -0.497 e. The third-order valence-corrected chi connectivity index (χ3v) is 5.78. The molecule has 1 N–H and O–H groups in total. The lowest BCUT2D eigenvalue weighted by Crippen LogP contribution is -2.32. The molecule has 1 atom stereocenters. The Hall–Kier alpha value is -2.30. The highest BCUT2D eigenvalue weighted by atomic mass is 16.5. The largest absolute Gasteiger partial charge is 0.497 e. The molecule has 0 saturated carbocycles. The zero-order chi connectivity index (χ0) is 19.2. The van der Waals surface area contributed by atoms with Crippen LogP contribution in [0.5, 0.6) is 5.75 Å². The van der Waals surface area contributed by atoms with Gasteiger partial charge >= 0.3 is 0 Å². The number of ether oxygens (including phenoxy) is 1. The first-order valence-corrected chi connectivity index (χ1v) is 9.55. The van der Waals surface area contributed by atoms with Crippen LogP contribution in [-0.4, -0.2) is 35.3 Å². The Balaban J connectivity index is 1.79. The minimum absolute atomic E-state index is 0.530. The number of fused-ring (bicyclic) bond motifs is 3. The van der Waals surface area contributed by atoms with E-state index in [2.05, 4.69) is 41.6 Å². The van der Waals surface area contributed by atoms with E-state index in [1.54, 1.807) is 7.11 Å². The first-order chi connectivity index (χ1) is 12.9. The highest BCUT2D eigenvalue weighted by molar-refractivity contribution is 5.86. The number of aryl methyl sites for hydroxylation is 1. The van der Waals surface area contributed by atoms with Gasteiger partial charge in [-0.25, -0.2) is 0 Å². The number of likely N-dealkylation sites (N-methyl/N-ethyl adjacent to an activating group) is 1. The van der Waals surface area contributed by atoms with E-state index in [1.165, 1.54) is 27.7 Å². The van der Waals surface area contributed by atoms with Crippen LogP contribution in [0.15, 0.2) is 42.5 Å².